The van der Waals surface area contributed by atoms with E-state index in [1.54, 1.807) is 12.1 Å². The highest BCUT2D eigenvalue weighted by Crippen LogP contribution is 2.29. The second-order valence-electron chi connectivity index (χ2n) is 4.93. The maximum Gasteiger partial charge on any atom is 0.292 e. The van der Waals surface area contributed by atoms with Crippen molar-refractivity contribution in [2.75, 3.05) is 38.7 Å². The summed E-state index contributed by atoms with van der Waals surface area (Å²) in [4.78, 5) is 12.9. The number of para-hydroxylation sites is 1. The molecule has 6 heteroatoms. The Bertz CT molecular complexity index is 452. The van der Waals surface area contributed by atoms with Crippen LogP contribution >= 0.6 is 0 Å². The van der Waals surface area contributed by atoms with Crippen LogP contribution in [0.15, 0.2) is 18.2 Å². The number of nitrogens with zero attached hydrogens (tertiary/aromatic N) is 2. The number of hydrogen-bond donors (Lipinski definition) is 1. The minimum Gasteiger partial charge on any atom is -0.380 e. The Kier molecular flexibility index (Phi) is 7.71. The van der Waals surface area contributed by atoms with Crippen LogP contribution in [0.25, 0.3) is 0 Å². The van der Waals surface area contributed by atoms with E-state index in [0.717, 1.165) is 25.1 Å². The molecule has 0 amide bonds. The van der Waals surface area contributed by atoms with E-state index in [0.29, 0.717) is 25.4 Å². The third kappa shape index (κ3) is 5.69. The van der Waals surface area contributed by atoms with Crippen molar-refractivity contribution in [3.63, 3.8) is 0 Å². The molecule has 1 aromatic carbocycles. The molecule has 0 aromatic heterocycles. The molecule has 0 radical (unpaired) electrons. The summed E-state index contributed by atoms with van der Waals surface area (Å²) < 4.78 is 5.33. The molecular weight excluding hydrogens is 270 g/mol. The van der Waals surface area contributed by atoms with Crippen LogP contribution in [0, 0.1) is 10.1 Å². The van der Waals surface area contributed by atoms with Crippen molar-refractivity contribution in [2.24, 2.45) is 0 Å². The highest BCUT2D eigenvalue weighted by Gasteiger charge is 2.17. The van der Waals surface area contributed by atoms with Crippen molar-refractivity contribution in [1.82, 2.24) is 4.90 Å². The Morgan fingerprint density at radius 3 is 2.76 bits per heavy atom. The number of nitro benzene ring substituents is 1. The van der Waals surface area contributed by atoms with Gasteiger partial charge in [-0.1, -0.05) is 19.1 Å². The number of ether oxygens (including phenoxy) is 1. The van der Waals surface area contributed by atoms with E-state index < -0.39 is 0 Å². The molecule has 118 valence electrons. The Morgan fingerprint density at radius 2 is 2.14 bits per heavy atom. The first-order chi connectivity index (χ1) is 10.1. The van der Waals surface area contributed by atoms with Gasteiger partial charge in [0.1, 0.15) is 5.69 Å². The van der Waals surface area contributed by atoms with E-state index in [4.69, 9.17) is 4.74 Å². The number of nitrogens with one attached hydrogen (secondary N) is 1. The quantitative estimate of drug-likeness (QED) is 0.408. The molecule has 0 spiro atoms. The van der Waals surface area contributed by atoms with Crippen molar-refractivity contribution in [1.29, 1.82) is 0 Å². The third-order valence-electron chi connectivity index (χ3n) is 3.14. The van der Waals surface area contributed by atoms with Gasteiger partial charge in [0.05, 0.1) is 11.5 Å². The first kappa shape index (κ1) is 17.4. The topological polar surface area (TPSA) is 67.6 Å². The number of benzene rings is 1. The first-order valence-corrected chi connectivity index (χ1v) is 7.36. The molecule has 0 atom stereocenters. The molecule has 0 bridgehead atoms. The maximum absolute atomic E-state index is 11.2. The third-order valence-corrected chi connectivity index (χ3v) is 3.14. The zero-order chi connectivity index (χ0) is 15.7. The van der Waals surface area contributed by atoms with E-state index in [1.807, 2.05) is 27.0 Å². The Morgan fingerprint density at radius 1 is 1.38 bits per heavy atom. The largest absolute Gasteiger partial charge is 0.380 e. The average Bonchev–Trinajstić information content (AvgIpc) is 2.45. The molecule has 0 fully saturated rings. The second-order valence-corrected chi connectivity index (χ2v) is 4.93. The highest BCUT2D eigenvalue weighted by molar-refractivity contribution is 5.66. The van der Waals surface area contributed by atoms with Crippen LogP contribution < -0.4 is 5.32 Å². The predicted octanol–water partition coefficient (Wildman–Crippen LogP) is 2.89. The van der Waals surface area contributed by atoms with Crippen LogP contribution in [-0.4, -0.2) is 43.2 Å². The normalized spacial score (nSPS) is 10.9. The zero-order valence-corrected chi connectivity index (χ0v) is 13.1. The fourth-order valence-corrected chi connectivity index (χ4v) is 2.06. The molecule has 1 N–H and O–H groups in total. The fraction of sp³-hybridized carbons (Fsp3) is 0.600. The Balaban J connectivity index is 2.84. The summed E-state index contributed by atoms with van der Waals surface area (Å²) >= 11 is 0. The molecule has 21 heavy (non-hydrogen) atoms. The van der Waals surface area contributed by atoms with Crippen molar-refractivity contribution in [3.8, 4) is 0 Å². The summed E-state index contributed by atoms with van der Waals surface area (Å²) in [5.74, 6) is 0. The van der Waals surface area contributed by atoms with Crippen molar-refractivity contribution in [3.05, 3.63) is 33.9 Å². The SMILES string of the molecule is CCCNc1c(CN(C)CCOCC)cccc1[N+](=O)[O-]. The average molecular weight is 295 g/mol. The van der Waals surface area contributed by atoms with Gasteiger partial charge in [-0.25, -0.2) is 0 Å². The summed E-state index contributed by atoms with van der Waals surface area (Å²) in [7, 11) is 1.99. The molecule has 0 heterocycles. The zero-order valence-electron chi connectivity index (χ0n) is 13.1. The summed E-state index contributed by atoms with van der Waals surface area (Å²) in [6.45, 7) is 7.54. The number of nitro groups is 1. The van der Waals surface area contributed by atoms with Crippen LogP contribution in [-0.2, 0) is 11.3 Å². The molecule has 0 saturated heterocycles. The lowest BCUT2D eigenvalue weighted by Crippen LogP contribution is -2.23. The van der Waals surface area contributed by atoms with E-state index in [2.05, 4.69) is 10.2 Å². The minimum absolute atomic E-state index is 0.138. The lowest BCUT2D eigenvalue weighted by atomic mass is 10.1. The molecule has 0 unspecified atom stereocenters. The van der Waals surface area contributed by atoms with Gasteiger partial charge in [0.2, 0.25) is 0 Å². The van der Waals surface area contributed by atoms with Gasteiger partial charge >= 0.3 is 0 Å². The molecule has 0 aliphatic carbocycles. The molecular formula is C15H25N3O3. The summed E-state index contributed by atoms with van der Waals surface area (Å²) in [6, 6.07) is 5.21. The van der Waals surface area contributed by atoms with Gasteiger partial charge in [0.25, 0.3) is 5.69 Å². The van der Waals surface area contributed by atoms with Crippen molar-refractivity contribution in [2.45, 2.75) is 26.8 Å². The monoisotopic (exact) mass is 295 g/mol. The fourth-order valence-electron chi connectivity index (χ4n) is 2.06. The molecule has 1 aromatic rings. The molecule has 0 saturated carbocycles. The summed E-state index contributed by atoms with van der Waals surface area (Å²) in [6.07, 6.45) is 0.922. The number of anilines is 1. The lowest BCUT2D eigenvalue weighted by molar-refractivity contribution is -0.384. The Hall–Kier alpha value is -1.66. The predicted molar refractivity (Wildman–Crippen MR) is 84.7 cm³/mol. The van der Waals surface area contributed by atoms with Crippen molar-refractivity contribution >= 4 is 11.4 Å². The second kappa shape index (κ2) is 9.31. The van der Waals surface area contributed by atoms with Gasteiger partial charge in [0, 0.05) is 32.3 Å². The minimum atomic E-state index is -0.332. The van der Waals surface area contributed by atoms with Gasteiger partial charge in [0.15, 0.2) is 0 Å². The smallest absolute Gasteiger partial charge is 0.292 e. The highest BCUT2D eigenvalue weighted by atomic mass is 16.6. The maximum atomic E-state index is 11.2. The van der Waals surface area contributed by atoms with Gasteiger partial charge in [-0.2, -0.15) is 0 Å². The van der Waals surface area contributed by atoms with Crippen molar-refractivity contribution < 1.29 is 9.66 Å². The molecule has 6 nitrogen and oxygen atoms in total. The number of likely N-dealkylation sites (N-methyl/N-ethyl adjacent to an activating group) is 1. The molecule has 0 aliphatic heterocycles. The Labute approximate surface area is 126 Å². The summed E-state index contributed by atoms with van der Waals surface area (Å²) in [5, 5.41) is 14.4. The standard InChI is InChI=1S/C15H25N3O3/c1-4-9-16-15-13(7-6-8-14(15)18(19)20)12-17(3)10-11-21-5-2/h6-8,16H,4-5,9-12H2,1-3H3. The van der Waals surface area contributed by atoms with E-state index in [-0.39, 0.29) is 10.6 Å². The van der Waals surface area contributed by atoms with Gasteiger partial charge in [-0.05, 0) is 26.0 Å². The molecule has 0 aliphatic rings. The van der Waals surface area contributed by atoms with E-state index in [1.165, 1.54) is 0 Å². The van der Waals surface area contributed by atoms with Crippen LogP contribution in [0.1, 0.15) is 25.8 Å². The number of rotatable bonds is 10. The first-order valence-electron chi connectivity index (χ1n) is 7.36. The molecule has 1 rings (SSSR count). The van der Waals surface area contributed by atoms with Gasteiger partial charge in [-0.3, -0.25) is 15.0 Å². The number of hydrogen-bond acceptors (Lipinski definition) is 5. The van der Waals surface area contributed by atoms with Crippen LogP contribution in [0.5, 0.6) is 0 Å². The van der Waals surface area contributed by atoms with E-state index in [9.17, 15) is 10.1 Å². The van der Waals surface area contributed by atoms with Crippen LogP contribution in [0.4, 0.5) is 11.4 Å². The van der Waals surface area contributed by atoms with E-state index >= 15 is 0 Å². The lowest BCUT2D eigenvalue weighted by Gasteiger charge is -2.19. The van der Waals surface area contributed by atoms with Crippen LogP contribution in [0.3, 0.4) is 0 Å². The van der Waals surface area contributed by atoms with Gasteiger partial charge in [-0.15, -0.1) is 0 Å². The summed E-state index contributed by atoms with van der Waals surface area (Å²) in [5.41, 5.74) is 1.71. The van der Waals surface area contributed by atoms with Gasteiger partial charge < -0.3 is 10.1 Å². The van der Waals surface area contributed by atoms with Crippen LogP contribution in [0.2, 0.25) is 0 Å².